The van der Waals surface area contributed by atoms with Gasteiger partial charge in [-0.05, 0) is 32.4 Å². The average molecular weight is 536 g/mol. The van der Waals surface area contributed by atoms with Crippen LogP contribution in [0.25, 0.3) is 22.2 Å². The largest absolute Gasteiger partial charge is 0.475 e. The summed E-state index contributed by atoms with van der Waals surface area (Å²) in [7, 11) is 3.50. The number of carbonyl (C=O) groups excluding carboxylic acids is 1. The van der Waals surface area contributed by atoms with Crippen LogP contribution in [0.5, 0.6) is 5.88 Å². The molecule has 0 saturated heterocycles. The first kappa shape index (κ1) is 28.0. The number of ether oxygens (including phenoxy) is 2. The third-order valence-corrected chi connectivity index (χ3v) is 6.15. The fraction of sp³-hybridized carbons (Fsp3) is 0.407. The number of aromatic amines is 1. The van der Waals surface area contributed by atoms with Crippen molar-refractivity contribution in [2.24, 2.45) is 7.05 Å². The Balaban J connectivity index is 1.50. The van der Waals surface area contributed by atoms with E-state index in [1.54, 1.807) is 18.0 Å². The summed E-state index contributed by atoms with van der Waals surface area (Å²) in [5, 5.41) is 18.0. The molecule has 5 N–H and O–H groups in total. The van der Waals surface area contributed by atoms with Crippen LogP contribution in [0.15, 0.2) is 36.8 Å². The second-order valence-electron chi connectivity index (χ2n) is 9.14. The van der Waals surface area contributed by atoms with Gasteiger partial charge >= 0.3 is 0 Å². The molecule has 1 atom stereocenters. The lowest BCUT2D eigenvalue weighted by Crippen LogP contribution is -2.41. The van der Waals surface area contributed by atoms with Crippen LogP contribution in [0.1, 0.15) is 19.4 Å². The molecule has 3 aromatic heterocycles. The molecule has 0 aliphatic carbocycles. The Kier molecular flexibility index (Phi) is 9.47. The first-order valence-corrected chi connectivity index (χ1v) is 13.0. The van der Waals surface area contributed by atoms with Crippen molar-refractivity contribution in [3.05, 3.63) is 42.4 Å². The quantitative estimate of drug-likeness (QED) is 0.154. The molecule has 3 heterocycles. The number of hydrogen-bond acceptors (Lipinski definition) is 9. The minimum absolute atomic E-state index is 0.109. The number of nitrogens with zero attached hydrogens (tertiary/aromatic N) is 4. The van der Waals surface area contributed by atoms with Gasteiger partial charge in [-0.2, -0.15) is 0 Å². The first-order valence-electron chi connectivity index (χ1n) is 13.0. The van der Waals surface area contributed by atoms with E-state index in [-0.39, 0.29) is 11.9 Å². The van der Waals surface area contributed by atoms with Gasteiger partial charge in [0, 0.05) is 57.1 Å². The second-order valence-corrected chi connectivity index (χ2v) is 9.14. The fourth-order valence-electron chi connectivity index (χ4n) is 4.16. The van der Waals surface area contributed by atoms with Crippen LogP contribution < -0.4 is 26.0 Å². The van der Waals surface area contributed by atoms with E-state index in [0.29, 0.717) is 43.0 Å². The number of para-hydroxylation sites is 1. The molecule has 4 aromatic rings. The number of H-pyrrole nitrogens is 1. The topological polar surface area (TPSA) is 143 Å². The fourth-order valence-corrected chi connectivity index (χ4v) is 4.16. The first-order chi connectivity index (χ1) is 18.9. The molecule has 0 unspecified atom stereocenters. The highest BCUT2D eigenvalue weighted by Gasteiger charge is 2.18. The highest BCUT2D eigenvalue weighted by Crippen LogP contribution is 2.34. The summed E-state index contributed by atoms with van der Waals surface area (Å²) in [6.45, 7) is 9.08. The molecule has 0 aliphatic rings. The number of hydrogen-bond donors (Lipinski definition) is 5. The van der Waals surface area contributed by atoms with E-state index >= 15 is 0 Å². The summed E-state index contributed by atoms with van der Waals surface area (Å²) in [6.07, 6.45) is 5.51. The Labute approximate surface area is 227 Å². The van der Waals surface area contributed by atoms with Crippen molar-refractivity contribution in [2.75, 3.05) is 50.6 Å². The van der Waals surface area contributed by atoms with Gasteiger partial charge in [-0.3, -0.25) is 9.48 Å². The van der Waals surface area contributed by atoms with Crippen LogP contribution in [0, 0.1) is 6.92 Å². The third-order valence-electron chi connectivity index (χ3n) is 6.15. The molecule has 0 bridgehead atoms. The van der Waals surface area contributed by atoms with E-state index in [1.807, 2.05) is 58.4 Å². The number of rotatable bonds is 14. The van der Waals surface area contributed by atoms with Crippen LogP contribution in [-0.4, -0.2) is 76.6 Å². The molecule has 0 radical (unpaired) electrons. The van der Waals surface area contributed by atoms with Gasteiger partial charge < -0.3 is 35.7 Å². The molecule has 1 amide bonds. The van der Waals surface area contributed by atoms with E-state index in [0.717, 1.165) is 40.8 Å². The predicted molar refractivity (Wildman–Crippen MR) is 153 cm³/mol. The number of methoxy groups -OCH3 is 1. The van der Waals surface area contributed by atoms with Gasteiger partial charge in [0.1, 0.15) is 5.69 Å². The van der Waals surface area contributed by atoms with Gasteiger partial charge in [0.15, 0.2) is 0 Å². The van der Waals surface area contributed by atoms with Crippen molar-refractivity contribution in [1.82, 2.24) is 35.4 Å². The smallest absolute Gasteiger partial charge is 0.256 e. The molecule has 39 heavy (non-hydrogen) atoms. The number of amides is 1. The molecule has 4 rings (SSSR count). The van der Waals surface area contributed by atoms with E-state index in [9.17, 15) is 4.79 Å². The zero-order chi connectivity index (χ0) is 27.8. The maximum atomic E-state index is 12.9. The van der Waals surface area contributed by atoms with E-state index in [2.05, 4.69) is 36.3 Å². The molecule has 0 saturated carbocycles. The Bertz CT molecular complexity index is 1400. The van der Waals surface area contributed by atoms with Crippen molar-refractivity contribution < 1.29 is 14.3 Å². The number of carbonyl (C=O) groups is 1. The summed E-state index contributed by atoms with van der Waals surface area (Å²) < 4.78 is 12.3. The SMILES string of the molecule is CCOc1nn(C)cc1Nc1ncc(C)c(-c2c[nH]c3c(NC(=O)[C@@H](C)NCCNCCOC)cccc23)n1. The molecule has 12 nitrogen and oxygen atoms in total. The summed E-state index contributed by atoms with van der Waals surface area (Å²) in [6, 6.07) is 5.46. The van der Waals surface area contributed by atoms with Crippen molar-refractivity contribution in [3.63, 3.8) is 0 Å². The minimum atomic E-state index is -0.356. The van der Waals surface area contributed by atoms with Gasteiger partial charge in [0.25, 0.3) is 5.88 Å². The second kappa shape index (κ2) is 13.2. The average Bonchev–Trinajstić information content (AvgIpc) is 3.50. The maximum Gasteiger partial charge on any atom is 0.256 e. The van der Waals surface area contributed by atoms with Crippen LogP contribution in [0.3, 0.4) is 0 Å². The van der Waals surface area contributed by atoms with Crippen molar-refractivity contribution >= 4 is 34.1 Å². The zero-order valence-corrected chi connectivity index (χ0v) is 23.1. The molecule has 12 heteroatoms. The number of benzene rings is 1. The summed E-state index contributed by atoms with van der Waals surface area (Å²) in [4.78, 5) is 25.5. The van der Waals surface area contributed by atoms with Crippen LogP contribution in [-0.2, 0) is 16.6 Å². The van der Waals surface area contributed by atoms with Crippen molar-refractivity contribution in [2.45, 2.75) is 26.8 Å². The predicted octanol–water partition coefficient (Wildman–Crippen LogP) is 2.96. The maximum absolute atomic E-state index is 12.9. The van der Waals surface area contributed by atoms with Gasteiger partial charge in [0.05, 0.1) is 42.4 Å². The van der Waals surface area contributed by atoms with Crippen molar-refractivity contribution in [1.29, 1.82) is 0 Å². The zero-order valence-electron chi connectivity index (χ0n) is 23.1. The number of aromatic nitrogens is 5. The molecular formula is C27H37N9O3. The standard InChI is InChI=1S/C27H37N9O3/c1-6-39-26-22(16-36(4)35-26)33-27-31-14-17(2)23(34-27)20-15-30-24-19(20)8-7-9-21(24)32-25(37)18(3)29-11-10-28-12-13-38-5/h7-9,14-16,18,28-30H,6,10-13H2,1-5H3,(H,32,37)(H,31,33,34)/t18-/m1/s1. The molecule has 1 aromatic carbocycles. The Morgan fingerprint density at radius 2 is 2.05 bits per heavy atom. The van der Waals surface area contributed by atoms with Gasteiger partial charge in [-0.1, -0.05) is 12.1 Å². The number of nitrogens with one attached hydrogen (secondary N) is 5. The van der Waals surface area contributed by atoms with Gasteiger partial charge in [-0.15, -0.1) is 5.10 Å². The van der Waals surface area contributed by atoms with E-state index < -0.39 is 0 Å². The normalized spacial score (nSPS) is 12.0. The van der Waals surface area contributed by atoms with Crippen LogP contribution >= 0.6 is 0 Å². The molecular weight excluding hydrogens is 498 g/mol. The van der Waals surface area contributed by atoms with E-state index in [4.69, 9.17) is 14.5 Å². The molecule has 208 valence electrons. The third kappa shape index (κ3) is 6.91. The van der Waals surface area contributed by atoms with E-state index in [1.165, 1.54) is 0 Å². The molecule has 0 spiro atoms. The van der Waals surface area contributed by atoms with Gasteiger partial charge in [0.2, 0.25) is 11.9 Å². The lowest BCUT2D eigenvalue weighted by atomic mass is 10.1. The monoisotopic (exact) mass is 535 g/mol. The Morgan fingerprint density at radius 1 is 1.21 bits per heavy atom. The highest BCUT2D eigenvalue weighted by molar-refractivity contribution is 6.06. The highest BCUT2D eigenvalue weighted by atomic mass is 16.5. The number of fused-ring (bicyclic) bond motifs is 1. The molecule has 0 aliphatic heterocycles. The van der Waals surface area contributed by atoms with Crippen LogP contribution in [0.2, 0.25) is 0 Å². The summed E-state index contributed by atoms with van der Waals surface area (Å²) in [5.41, 5.74) is 4.83. The Morgan fingerprint density at radius 3 is 2.85 bits per heavy atom. The Hall–Kier alpha value is -4.00. The van der Waals surface area contributed by atoms with Crippen molar-refractivity contribution in [3.8, 4) is 17.1 Å². The summed E-state index contributed by atoms with van der Waals surface area (Å²) in [5.74, 6) is 0.811. The number of anilines is 3. The lowest BCUT2D eigenvalue weighted by molar-refractivity contribution is -0.117. The van der Waals surface area contributed by atoms with Crippen LogP contribution in [0.4, 0.5) is 17.3 Å². The molecule has 0 fully saturated rings. The lowest BCUT2D eigenvalue weighted by Gasteiger charge is -2.15. The summed E-state index contributed by atoms with van der Waals surface area (Å²) >= 11 is 0. The van der Waals surface area contributed by atoms with Gasteiger partial charge in [-0.25, -0.2) is 9.97 Å². The minimum Gasteiger partial charge on any atom is -0.475 e. The number of aryl methyl sites for hydroxylation is 2.